The van der Waals surface area contributed by atoms with Crippen LogP contribution in [0.1, 0.15) is 10.4 Å². The van der Waals surface area contributed by atoms with E-state index in [1.54, 1.807) is 10.8 Å². The van der Waals surface area contributed by atoms with E-state index < -0.39 is 0 Å². The van der Waals surface area contributed by atoms with Crippen molar-refractivity contribution in [2.45, 2.75) is 0 Å². The highest BCUT2D eigenvalue weighted by Crippen LogP contribution is 2.25. The van der Waals surface area contributed by atoms with E-state index in [0.29, 0.717) is 5.56 Å². The van der Waals surface area contributed by atoms with Crippen LogP contribution in [0.5, 0.6) is 0 Å². The maximum Gasteiger partial charge on any atom is 0.262 e. The molecule has 0 aliphatic heterocycles. The highest BCUT2D eigenvalue weighted by molar-refractivity contribution is 6.10. The van der Waals surface area contributed by atoms with E-state index in [0.717, 1.165) is 21.7 Å². The first-order valence-corrected chi connectivity index (χ1v) is 6.78. The summed E-state index contributed by atoms with van der Waals surface area (Å²) in [6, 6.07) is 17.2. The number of aromatic nitrogens is 2. The fourth-order valence-electron chi connectivity index (χ4n) is 2.68. The quantitative estimate of drug-likeness (QED) is 0.527. The van der Waals surface area contributed by atoms with Gasteiger partial charge in [-0.25, -0.2) is 0 Å². The Morgan fingerprint density at radius 3 is 2.57 bits per heavy atom. The summed E-state index contributed by atoms with van der Waals surface area (Å²) in [6.07, 6.45) is 5.49. The number of pyridine rings is 1. The Labute approximate surface area is 121 Å². The first-order chi connectivity index (χ1) is 10.3. The molecule has 100 valence electrons. The van der Waals surface area contributed by atoms with Gasteiger partial charge in [-0.15, -0.1) is 0 Å². The van der Waals surface area contributed by atoms with Crippen molar-refractivity contribution in [1.29, 1.82) is 0 Å². The first kappa shape index (κ1) is 11.9. The van der Waals surface area contributed by atoms with Crippen molar-refractivity contribution in [2.75, 3.05) is 0 Å². The number of rotatable bonds is 1. The highest BCUT2D eigenvalue weighted by Gasteiger charge is 2.11. The van der Waals surface area contributed by atoms with Gasteiger partial charge in [0.1, 0.15) is 0 Å². The molecule has 0 saturated heterocycles. The van der Waals surface area contributed by atoms with Crippen LogP contribution in [0.15, 0.2) is 73.2 Å². The summed E-state index contributed by atoms with van der Waals surface area (Å²) in [5.74, 6) is -0.0277. The van der Waals surface area contributed by atoms with Crippen LogP contribution in [0, 0.1) is 0 Å². The number of hydrogen-bond acceptors (Lipinski definition) is 2. The van der Waals surface area contributed by atoms with E-state index in [9.17, 15) is 4.79 Å². The Balaban J connectivity index is 1.99. The van der Waals surface area contributed by atoms with Gasteiger partial charge in [-0.1, -0.05) is 30.3 Å². The number of fused-ring (bicyclic) bond motifs is 3. The maximum atomic E-state index is 12.7. The Kier molecular flexibility index (Phi) is 2.57. The maximum absolute atomic E-state index is 12.7. The molecule has 0 amide bonds. The SMILES string of the molecule is O=C(c1ccccc1)n1cccc2c3cncc3ccc21. The third kappa shape index (κ3) is 1.82. The molecule has 0 atom stereocenters. The van der Waals surface area contributed by atoms with Gasteiger partial charge in [0.05, 0.1) is 5.52 Å². The molecule has 0 spiro atoms. The lowest BCUT2D eigenvalue weighted by Gasteiger charge is -2.10. The summed E-state index contributed by atoms with van der Waals surface area (Å²) >= 11 is 0. The molecule has 3 nitrogen and oxygen atoms in total. The Morgan fingerprint density at radius 1 is 0.857 bits per heavy atom. The van der Waals surface area contributed by atoms with E-state index in [1.807, 2.05) is 67.0 Å². The van der Waals surface area contributed by atoms with Gasteiger partial charge < -0.3 is 0 Å². The van der Waals surface area contributed by atoms with E-state index in [2.05, 4.69) is 4.98 Å². The largest absolute Gasteiger partial charge is 0.283 e. The van der Waals surface area contributed by atoms with Crippen molar-refractivity contribution >= 4 is 27.6 Å². The van der Waals surface area contributed by atoms with Crippen LogP contribution in [0.3, 0.4) is 0 Å². The predicted octanol–water partition coefficient (Wildman–Crippen LogP) is 3.88. The summed E-state index contributed by atoms with van der Waals surface area (Å²) in [7, 11) is 0. The molecular weight excluding hydrogens is 260 g/mol. The average molecular weight is 272 g/mol. The van der Waals surface area contributed by atoms with Crippen LogP contribution in [0.2, 0.25) is 0 Å². The van der Waals surface area contributed by atoms with Crippen molar-refractivity contribution in [3.8, 4) is 0 Å². The first-order valence-electron chi connectivity index (χ1n) is 6.78. The number of hydrogen-bond donors (Lipinski definition) is 0. The molecular formula is C18H12N2O. The molecule has 21 heavy (non-hydrogen) atoms. The average Bonchev–Trinajstić information content (AvgIpc) is 3.03. The van der Waals surface area contributed by atoms with Gasteiger partial charge in [-0.2, -0.15) is 0 Å². The van der Waals surface area contributed by atoms with Crippen molar-refractivity contribution < 1.29 is 4.79 Å². The standard InChI is InChI=1S/C18H12N2O/c21-18(13-5-2-1-3-6-13)20-10-4-7-15-16-12-19-11-14(16)8-9-17(15)20/h1-12H. The molecule has 2 heterocycles. The lowest BCUT2D eigenvalue weighted by molar-refractivity contribution is 0.0964. The van der Waals surface area contributed by atoms with E-state index in [4.69, 9.17) is 0 Å². The molecule has 2 aromatic carbocycles. The van der Waals surface area contributed by atoms with Crippen LogP contribution in [-0.2, 0) is 0 Å². The summed E-state index contributed by atoms with van der Waals surface area (Å²) < 4.78 is 1.69. The molecule has 4 rings (SSSR count). The second-order valence-electron chi connectivity index (χ2n) is 4.96. The van der Waals surface area contributed by atoms with Gasteiger partial charge in [0.15, 0.2) is 0 Å². The Hall–Kier alpha value is -2.94. The molecule has 0 bridgehead atoms. The molecule has 2 aromatic heterocycles. The zero-order valence-corrected chi connectivity index (χ0v) is 11.2. The second-order valence-corrected chi connectivity index (χ2v) is 4.96. The fourth-order valence-corrected chi connectivity index (χ4v) is 2.68. The minimum absolute atomic E-state index is 0.0277. The molecule has 4 aromatic rings. The summed E-state index contributed by atoms with van der Waals surface area (Å²) in [4.78, 5) is 16.9. The van der Waals surface area contributed by atoms with Gasteiger partial charge in [0.25, 0.3) is 5.91 Å². The van der Waals surface area contributed by atoms with Crippen LogP contribution >= 0.6 is 0 Å². The summed E-state index contributed by atoms with van der Waals surface area (Å²) in [5, 5.41) is 3.20. The van der Waals surface area contributed by atoms with Gasteiger partial charge in [0, 0.05) is 40.3 Å². The molecule has 0 fully saturated rings. The van der Waals surface area contributed by atoms with Gasteiger partial charge in [-0.3, -0.25) is 14.3 Å². The fraction of sp³-hybridized carbons (Fsp3) is 0. The Bertz CT molecular complexity index is 955. The lowest BCUT2D eigenvalue weighted by atomic mass is 10.1. The zero-order valence-electron chi connectivity index (χ0n) is 11.2. The molecule has 0 N–H and O–H groups in total. The van der Waals surface area contributed by atoms with Crippen LogP contribution < -0.4 is 0 Å². The van der Waals surface area contributed by atoms with Crippen LogP contribution in [0.4, 0.5) is 0 Å². The third-order valence-electron chi connectivity index (χ3n) is 3.71. The normalized spacial score (nSPS) is 11.0. The van der Waals surface area contributed by atoms with Crippen molar-refractivity contribution in [3.63, 3.8) is 0 Å². The van der Waals surface area contributed by atoms with Gasteiger partial charge >= 0.3 is 0 Å². The molecule has 0 aliphatic rings. The molecule has 0 unspecified atom stereocenters. The second kappa shape index (κ2) is 4.56. The smallest absolute Gasteiger partial charge is 0.262 e. The number of carbonyl (C=O) groups excluding carboxylic acids is 1. The minimum atomic E-state index is -0.0277. The summed E-state index contributed by atoms with van der Waals surface area (Å²) in [5.41, 5.74) is 1.57. The molecule has 0 radical (unpaired) electrons. The van der Waals surface area contributed by atoms with E-state index >= 15 is 0 Å². The monoisotopic (exact) mass is 272 g/mol. The Morgan fingerprint density at radius 2 is 1.71 bits per heavy atom. The van der Waals surface area contributed by atoms with Crippen molar-refractivity contribution in [2.24, 2.45) is 0 Å². The lowest BCUT2D eigenvalue weighted by Crippen LogP contribution is -2.12. The highest BCUT2D eigenvalue weighted by atomic mass is 16.2. The zero-order chi connectivity index (χ0) is 14.2. The molecule has 0 saturated carbocycles. The van der Waals surface area contributed by atoms with Crippen molar-refractivity contribution in [3.05, 3.63) is 78.8 Å². The van der Waals surface area contributed by atoms with Gasteiger partial charge in [-0.05, 0) is 24.3 Å². The van der Waals surface area contributed by atoms with Crippen LogP contribution in [-0.4, -0.2) is 15.5 Å². The van der Waals surface area contributed by atoms with E-state index in [-0.39, 0.29) is 5.91 Å². The summed E-state index contributed by atoms with van der Waals surface area (Å²) in [6.45, 7) is 0. The number of carbonyl (C=O) groups is 1. The van der Waals surface area contributed by atoms with Crippen LogP contribution in [0.25, 0.3) is 21.7 Å². The molecule has 3 heteroatoms. The van der Waals surface area contributed by atoms with E-state index in [1.165, 1.54) is 0 Å². The predicted molar refractivity (Wildman–Crippen MR) is 83.4 cm³/mol. The van der Waals surface area contributed by atoms with Gasteiger partial charge in [0.2, 0.25) is 0 Å². The third-order valence-corrected chi connectivity index (χ3v) is 3.71. The number of benzene rings is 2. The number of nitrogens with zero attached hydrogens (tertiary/aromatic N) is 2. The minimum Gasteiger partial charge on any atom is -0.283 e. The molecule has 0 aliphatic carbocycles. The van der Waals surface area contributed by atoms with Crippen molar-refractivity contribution in [1.82, 2.24) is 9.55 Å². The topological polar surface area (TPSA) is 34.9 Å².